The number of ether oxygens (including phenoxy) is 1. The van der Waals surface area contributed by atoms with Crippen molar-refractivity contribution in [3.63, 3.8) is 0 Å². The number of nitrogens with one attached hydrogen (secondary N) is 1. The van der Waals surface area contributed by atoms with Crippen molar-refractivity contribution in [2.24, 2.45) is 5.10 Å². The van der Waals surface area contributed by atoms with E-state index in [0.29, 0.717) is 43.2 Å². The van der Waals surface area contributed by atoms with E-state index in [1.807, 2.05) is 30.3 Å². The van der Waals surface area contributed by atoms with Crippen molar-refractivity contribution < 1.29 is 9.53 Å². The molecule has 0 unspecified atom stereocenters. The molecule has 0 aliphatic heterocycles. The first-order valence-corrected chi connectivity index (χ1v) is 14.6. The highest BCUT2D eigenvalue weighted by atomic mass is 79.9. The van der Waals surface area contributed by atoms with Gasteiger partial charge in [-0.1, -0.05) is 65.0 Å². The molecule has 1 aliphatic rings. The highest BCUT2D eigenvalue weighted by Crippen LogP contribution is 2.34. The zero-order chi connectivity index (χ0) is 27.4. The number of carbonyl (C=O) groups excluding carboxylic acids is 1. The van der Waals surface area contributed by atoms with Crippen molar-refractivity contribution in [3.8, 4) is 5.75 Å². The summed E-state index contributed by atoms with van der Waals surface area (Å²) in [5, 5.41) is 8.33. The van der Waals surface area contributed by atoms with E-state index in [1.165, 1.54) is 17.3 Å². The van der Waals surface area contributed by atoms with Gasteiger partial charge < -0.3 is 10.1 Å². The summed E-state index contributed by atoms with van der Waals surface area (Å²) in [6, 6.07) is 18.0. The molecule has 1 N–H and O–H groups in total. The van der Waals surface area contributed by atoms with E-state index < -0.39 is 0 Å². The van der Waals surface area contributed by atoms with Gasteiger partial charge in [0.2, 0.25) is 0 Å². The molecule has 5 rings (SSSR count). The van der Waals surface area contributed by atoms with Crippen LogP contribution in [0.15, 0.2) is 79.5 Å². The third kappa shape index (κ3) is 6.59. The van der Waals surface area contributed by atoms with Gasteiger partial charge in [0, 0.05) is 26.7 Å². The van der Waals surface area contributed by atoms with Crippen molar-refractivity contribution in [2.45, 2.75) is 38.0 Å². The van der Waals surface area contributed by atoms with E-state index in [0.717, 1.165) is 30.2 Å². The fraction of sp³-hybridized carbons (Fsp3) is 0.241. The molecule has 39 heavy (non-hydrogen) atoms. The van der Waals surface area contributed by atoms with Gasteiger partial charge in [-0.15, -0.1) is 0 Å². The van der Waals surface area contributed by atoms with Gasteiger partial charge in [0.1, 0.15) is 11.6 Å². The number of fused-ring (bicyclic) bond motifs is 1. The first-order valence-electron chi connectivity index (χ1n) is 12.6. The molecule has 7 nitrogen and oxygen atoms in total. The number of aromatic nitrogens is 2. The van der Waals surface area contributed by atoms with Crippen LogP contribution in [0.2, 0.25) is 5.02 Å². The Morgan fingerprint density at radius 2 is 1.87 bits per heavy atom. The Morgan fingerprint density at radius 1 is 1.10 bits per heavy atom. The maximum atomic E-state index is 13.6. The molecule has 3 aromatic carbocycles. The van der Waals surface area contributed by atoms with Crippen molar-refractivity contribution in [3.05, 3.63) is 96.4 Å². The summed E-state index contributed by atoms with van der Waals surface area (Å²) in [6.07, 6.45) is 6.80. The van der Waals surface area contributed by atoms with Crippen LogP contribution in [0.3, 0.4) is 0 Å². The van der Waals surface area contributed by atoms with Crippen LogP contribution in [0.5, 0.6) is 5.75 Å². The van der Waals surface area contributed by atoms with Gasteiger partial charge in [-0.3, -0.25) is 9.59 Å². The number of amides is 1. The lowest BCUT2D eigenvalue weighted by atomic mass is 9.88. The number of carbonyl (C=O) groups is 1. The summed E-state index contributed by atoms with van der Waals surface area (Å²) in [5.41, 5.74) is 1.59. The average Bonchev–Trinajstić information content (AvgIpc) is 2.93. The van der Waals surface area contributed by atoms with Gasteiger partial charge in [0.25, 0.3) is 11.5 Å². The zero-order valence-electron chi connectivity index (χ0n) is 20.9. The second-order valence-corrected chi connectivity index (χ2v) is 11.5. The molecule has 1 aliphatic carbocycles. The lowest BCUT2D eigenvalue weighted by Crippen LogP contribution is -2.25. The summed E-state index contributed by atoms with van der Waals surface area (Å²) < 4.78 is 8.63. The molecule has 0 bridgehead atoms. The fourth-order valence-electron chi connectivity index (χ4n) is 4.71. The Hall–Kier alpha value is -3.01. The second-order valence-electron chi connectivity index (χ2n) is 9.34. The lowest BCUT2D eigenvalue weighted by Gasteiger charge is -2.22. The number of hydrogen-bond donors (Lipinski definition) is 1. The molecule has 200 valence electrons. The Bertz CT molecular complexity index is 1600. The highest BCUT2D eigenvalue weighted by Gasteiger charge is 2.23. The molecule has 0 saturated heterocycles. The number of benzene rings is 3. The minimum atomic E-state index is -0.314. The Labute approximate surface area is 247 Å². The fourth-order valence-corrected chi connectivity index (χ4v) is 6.02. The quantitative estimate of drug-likeness (QED) is 0.206. The van der Waals surface area contributed by atoms with E-state index in [2.05, 4.69) is 42.3 Å². The maximum absolute atomic E-state index is 13.6. The summed E-state index contributed by atoms with van der Waals surface area (Å²) in [4.78, 5) is 31.0. The summed E-state index contributed by atoms with van der Waals surface area (Å²) in [6.45, 7) is -0.227. The summed E-state index contributed by atoms with van der Waals surface area (Å²) in [7, 11) is 0. The Morgan fingerprint density at radius 3 is 2.64 bits per heavy atom. The Kier molecular flexibility index (Phi) is 8.79. The minimum absolute atomic E-state index is 0.139. The molecule has 4 aromatic rings. The largest absolute Gasteiger partial charge is 0.482 e. The molecule has 0 spiro atoms. The van der Waals surface area contributed by atoms with Crippen LogP contribution in [0.1, 0.15) is 49.4 Å². The topological polar surface area (TPSA) is 85.6 Å². The molecule has 1 amide bonds. The third-order valence-corrected chi connectivity index (χ3v) is 7.86. The summed E-state index contributed by atoms with van der Waals surface area (Å²) >= 11 is 13.3. The smallest absolute Gasteiger partial charge is 0.282 e. The predicted molar refractivity (Wildman–Crippen MR) is 162 cm³/mol. The SMILES string of the molecule is O=C(COc1c(Br)cc(Cl)cc1C=Nn1c(C2CCCCC2)nc2ccc(Br)cc2c1=O)Nc1ccccc1. The van der Waals surface area contributed by atoms with Crippen LogP contribution in [0, 0.1) is 0 Å². The Balaban J connectivity index is 1.49. The lowest BCUT2D eigenvalue weighted by molar-refractivity contribution is -0.118. The zero-order valence-corrected chi connectivity index (χ0v) is 24.8. The van der Waals surface area contributed by atoms with Crippen molar-refractivity contribution >= 4 is 72.2 Å². The van der Waals surface area contributed by atoms with Crippen LogP contribution >= 0.6 is 43.5 Å². The van der Waals surface area contributed by atoms with Gasteiger partial charge in [-0.05, 0) is 71.2 Å². The first kappa shape index (κ1) is 27.6. The molecule has 1 saturated carbocycles. The third-order valence-electron chi connectivity index (χ3n) is 6.56. The molecule has 1 aromatic heterocycles. The van der Waals surface area contributed by atoms with Crippen molar-refractivity contribution in [1.29, 1.82) is 0 Å². The first-order chi connectivity index (χ1) is 18.9. The average molecular weight is 673 g/mol. The molecule has 0 radical (unpaired) electrons. The molecular formula is C29H25Br2ClN4O3. The van der Waals surface area contributed by atoms with E-state index in [9.17, 15) is 9.59 Å². The van der Waals surface area contributed by atoms with Crippen LogP contribution in [0.4, 0.5) is 5.69 Å². The molecule has 0 atom stereocenters. The maximum Gasteiger partial charge on any atom is 0.282 e. The standard InChI is InChI=1S/C29H25Br2ClN4O3/c30-20-11-12-25-23(14-20)29(38)36(28(35-25)18-7-3-1-4-8-18)33-16-19-13-21(32)15-24(31)27(19)39-17-26(37)34-22-9-5-2-6-10-22/h2,5-6,9-16,18H,1,3-4,7-8,17H2,(H,34,37). The number of anilines is 1. The number of rotatable bonds is 7. The predicted octanol–water partition coefficient (Wildman–Crippen LogP) is 7.52. The van der Waals surface area contributed by atoms with Crippen LogP contribution in [-0.2, 0) is 4.79 Å². The van der Waals surface area contributed by atoms with E-state index in [4.69, 9.17) is 21.3 Å². The molecule has 10 heteroatoms. The van der Waals surface area contributed by atoms with Gasteiger partial charge in [0.15, 0.2) is 6.61 Å². The number of hydrogen-bond acceptors (Lipinski definition) is 5. The number of nitrogens with zero attached hydrogens (tertiary/aromatic N) is 3. The van der Waals surface area contributed by atoms with Gasteiger partial charge in [-0.2, -0.15) is 9.78 Å². The molecule has 1 heterocycles. The van der Waals surface area contributed by atoms with Crippen LogP contribution < -0.4 is 15.6 Å². The van der Waals surface area contributed by atoms with Gasteiger partial charge >= 0.3 is 0 Å². The molecule has 1 fully saturated rings. The highest BCUT2D eigenvalue weighted by molar-refractivity contribution is 9.10. The van der Waals surface area contributed by atoms with Crippen molar-refractivity contribution in [2.75, 3.05) is 11.9 Å². The van der Waals surface area contributed by atoms with Crippen LogP contribution in [-0.4, -0.2) is 28.4 Å². The molecular weight excluding hydrogens is 648 g/mol. The van der Waals surface area contributed by atoms with Crippen LogP contribution in [0.25, 0.3) is 10.9 Å². The van der Waals surface area contributed by atoms with Gasteiger partial charge in [-0.25, -0.2) is 4.98 Å². The second kappa shape index (κ2) is 12.4. The number of para-hydroxylation sites is 1. The minimum Gasteiger partial charge on any atom is -0.482 e. The van der Waals surface area contributed by atoms with Crippen molar-refractivity contribution in [1.82, 2.24) is 9.66 Å². The normalized spacial score (nSPS) is 14.1. The van der Waals surface area contributed by atoms with E-state index >= 15 is 0 Å². The van der Waals surface area contributed by atoms with Gasteiger partial charge in [0.05, 0.1) is 21.6 Å². The summed E-state index contributed by atoms with van der Waals surface area (Å²) in [5.74, 6) is 0.859. The number of halogens is 3. The van der Waals surface area contributed by atoms with E-state index in [1.54, 1.807) is 30.3 Å². The van der Waals surface area contributed by atoms with E-state index in [-0.39, 0.29) is 24.0 Å². The monoisotopic (exact) mass is 670 g/mol.